The van der Waals surface area contributed by atoms with E-state index in [4.69, 9.17) is 9.47 Å². The highest BCUT2D eigenvalue weighted by Crippen LogP contribution is 2.16. The van der Waals surface area contributed by atoms with Gasteiger partial charge >= 0.3 is 0 Å². The zero-order chi connectivity index (χ0) is 10.6. The van der Waals surface area contributed by atoms with Crippen molar-refractivity contribution in [3.8, 4) is 0 Å². The van der Waals surface area contributed by atoms with Gasteiger partial charge in [0.1, 0.15) is 0 Å². The second-order valence-corrected chi connectivity index (χ2v) is 2.59. The minimum atomic E-state index is -0.641. The number of allylic oxidation sites excluding steroid dienone is 3. The predicted octanol–water partition coefficient (Wildman–Crippen LogP) is 0.979. The van der Waals surface area contributed by atoms with Crippen LogP contribution >= 0.6 is 0 Å². The lowest BCUT2D eigenvalue weighted by molar-refractivity contribution is -0.134. The van der Waals surface area contributed by atoms with E-state index in [1.807, 2.05) is 0 Å². The molecule has 0 atom stereocenters. The monoisotopic (exact) mass is 196 g/mol. The van der Waals surface area contributed by atoms with Gasteiger partial charge in [0.25, 0.3) is 5.78 Å². The SMILES string of the molecule is CCOC1=C(OCC)C(=O)C(=O)C=C1. The van der Waals surface area contributed by atoms with Gasteiger partial charge in [-0.25, -0.2) is 0 Å². The van der Waals surface area contributed by atoms with Crippen molar-refractivity contribution in [1.29, 1.82) is 0 Å². The van der Waals surface area contributed by atoms with E-state index >= 15 is 0 Å². The number of carbonyl (C=O) groups is 2. The standard InChI is InChI=1S/C10H12O4/c1-3-13-8-6-5-7(11)9(12)10(8)14-4-2/h5-6H,3-4H2,1-2H3. The third-order valence-corrected chi connectivity index (χ3v) is 1.63. The summed E-state index contributed by atoms with van der Waals surface area (Å²) >= 11 is 0. The van der Waals surface area contributed by atoms with Gasteiger partial charge < -0.3 is 9.47 Å². The molecular weight excluding hydrogens is 184 g/mol. The molecule has 0 aromatic rings. The fourth-order valence-electron chi connectivity index (χ4n) is 1.08. The predicted molar refractivity (Wildman–Crippen MR) is 49.4 cm³/mol. The highest BCUT2D eigenvalue weighted by molar-refractivity contribution is 6.47. The Hall–Kier alpha value is -1.58. The van der Waals surface area contributed by atoms with Gasteiger partial charge in [-0.15, -0.1) is 0 Å². The van der Waals surface area contributed by atoms with Crippen LogP contribution in [0.5, 0.6) is 0 Å². The van der Waals surface area contributed by atoms with Gasteiger partial charge in [0, 0.05) is 0 Å². The van der Waals surface area contributed by atoms with Crippen molar-refractivity contribution in [2.75, 3.05) is 13.2 Å². The van der Waals surface area contributed by atoms with Gasteiger partial charge in [-0.2, -0.15) is 0 Å². The summed E-state index contributed by atoms with van der Waals surface area (Å²) in [6, 6.07) is 0. The van der Waals surface area contributed by atoms with Gasteiger partial charge in [-0.1, -0.05) is 0 Å². The van der Waals surface area contributed by atoms with E-state index in [1.165, 1.54) is 12.2 Å². The lowest BCUT2D eigenvalue weighted by Crippen LogP contribution is -2.21. The average molecular weight is 196 g/mol. The van der Waals surface area contributed by atoms with Crippen molar-refractivity contribution in [1.82, 2.24) is 0 Å². The first-order valence-electron chi connectivity index (χ1n) is 4.47. The van der Waals surface area contributed by atoms with Crippen LogP contribution in [0, 0.1) is 0 Å². The summed E-state index contributed by atoms with van der Waals surface area (Å²) in [6.45, 7) is 4.30. The number of Topliss-reactive ketones (excluding diaryl/α,β-unsaturated/α-hetero) is 1. The first-order valence-corrected chi connectivity index (χ1v) is 4.47. The van der Waals surface area contributed by atoms with Crippen LogP contribution in [0.1, 0.15) is 13.8 Å². The lowest BCUT2D eigenvalue weighted by atomic mass is 10.1. The molecule has 0 aromatic heterocycles. The summed E-state index contributed by atoms with van der Waals surface area (Å²) in [7, 11) is 0. The quantitative estimate of drug-likeness (QED) is 0.496. The average Bonchev–Trinajstić information content (AvgIpc) is 2.18. The molecule has 0 radical (unpaired) electrons. The minimum absolute atomic E-state index is 0.0156. The van der Waals surface area contributed by atoms with E-state index in [0.29, 0.717) is 19.0 Å². The first-order chi connectivity index (χ1) is 6.70. The molecule has 0 unspecified atom stereocenters. The van der Waals surface area contributed by atoms with Crippen molar-refractivity contribution in [2.24, 2.45) is 0 Å². The molecule has 0 amide bonds. The minimum Gasteiger partial charge on any atom is -0.490 e. The summed E-state index contributed by atoms with van der Waals surface area (Å²) in [5, 5.41) is 0. The molecule has 0 fully saturated rings. The Bertz CT molecular complexity index is 312. The normalized spacial score (nSPS) is 16.1. The van der Waals surface area contributed by atoms with Crippen LogP contribution in [-0.2, 0) is 19.1 Å². The molecule has 0 N–H and O–H groups in total. The fourth-order valence-corrected chi connectivity index (χ4v) is 1.08. The van der Waals surface area contributed by atoms with Crippen molar-refractivity contribution < 1.29 is 19.1 Å². The molecule has 0 aromatic carbocycles. The molecule has 76 valence electrons. The molecule has 14 heavy (non-hydrogen) atoms. The molecule has 0 saturated carbocycles. The highest BCUT2D eigenvalue weighted by atomic mass is 16.5. The Balaban J connectivity index is 2.97. The third kappa shape index (κ3) is 2.02. The molecule has 0 heterocycles. The van der Waals surface area contributed by atoms with Crippen LogP contribution in [0.3, 0.4) is 0 Å². The van der Waals surface area contributed by atoms with Gasteiger partial charge in [-0.3, -0.25) is 9.59 Å². The number of hydrogen-bond acceptors (Lipinski definition) is 4. The molecule has 0 spiro atoms. The molecule has 1 rings (SSSR count). The molecule has 4 heteroatoms. The summed E-state index contributed by atoms with van der Waals surface area (Å²) in [5.41, 5.74) is 0. The van der Waals surface area contributed by atoms with Crippen molar-refractivity contribution >= 4 is 11.6 Å². The van der Waals surface area contributed by atoms with Crippen LogP contribution in [-0.4, -0.2) is 24.8 Å². The van der Waals surface area contributed by atoms with Crippen LogP contribution < -0.4 is 0 Å². The Morgan fingerprint density at radius 2 is 1.71 bits per heavy atom. The Labute approximate surface area is 82.2 Å². The summed E-state index contributed by atoms with van der Waals surface area (Å²) in [5.74, 6) is -0.865. The van der Waals surface area contributed by atoms with Crippen LogP contribution in [0.4, 0.5) is 0 Å². The van der Waals surface area contributed by atoms with Crippen LogP contribution in [0.25, 0.3) is 0 Å². The molecular formula is C10H12O4. The third-order valence-electron chi connectivity index (χ3n) is 1.63. The molecule has 4 nitrogen and oxygen atoms in total. The second kappa shape index (κ2) is 4.60. The maximum Gasteiger partial charge on any atom is 0.271 e. The van der Waals surface area contributed by atoms with Crippen LogP contribution in [0.2, 0.25) is 0 Å². The molecule has 1 aliphatic carbocycles. The van der Waals surface area contributed by atoms with E-state index in [0.717, 1.165) is 0 Å². The summed E-state index contributed by atoms with van der Waals surface area (Å²) in [4.78, 5) is 22.4. The molecule has 0 saturated heterocycles. The number of carbonyl (C=O) groups excluding carboxylic acids is 2. The number of ketones is 2. The topological polar surface area (TPSA) is 52.6 Å². The van der Waals surface area contributed by atoms with Gasteiger partial charge in [-0.05, 0) is 26.0 Å². The highest BCUT2D eigenvalue weighted by Gasteiger charge is 2.26. The van der Waals surface area contributed by atoms with Gasteiger partial charge in [0.15, 0.2) is 5.76 Å². The van der Waals surface area contributed by atoms with Gasteiger partial charge in [0.05, 0.1) is 13.2 Å². The maximum absolute atomic E-state index is 11.3. The van der Waals surface area contributed by atoms with E-state index in [9.17, 15) is 9.59 Å². The van der Waals surface area contributed by atoms with E-state index in [2.05, 4.69) is 0 Å². The Morgan fingerprint density at radius 1 is 1.07 bits per heavy atom. The summed E-state index contributed by atoms with van der Waals surface area (Å²) < 4.78 is 10.2. The maximum atomic E-state index is 11.3. The lowest BCUT2D eigenvalue weighted by Gasteiger charge is -2.13. The van der Waals surface area contributed by atoms with E-state index < -0.39 is 11.6 Å². The van der Waals surface area contributed by atoms with Crippen molar-refractivity contribution in [2.45, 2.75) is 13.8 Å². The number of rotatable bonds is 4. The number of hydrogen-bond donors (Lipinski definition) is 0. The number of ether oxygens (including phenoxy) is 2. The van der Waals surface area contributed by atoms with E-state index in [1.54, 1.807) is 13.8 Å². The fraction of sp³-hybridized carbons (Fsp3) is 0.400. The zero-order valence-electron chi connectivity index (χ0n) is 8.20. The Morgan fingerprint density at radius 3 is 2.29 bits per heavy atom. The zero-order valence-corrected chi connectivity index (χ0v) is 8.20. The van der Waals surface area contributed by atoms with Crippen molar-refractivity contribution in [3.63, 3.8) is 0 Å². The largest absolute Gasteiger partial charge is 0.490 e. The van der Waals surface area contributed by atoms with Crippen LogP contribution in [0.15, 0.2) is 23.7 Å². The first kappa shape index (κ1) is 10.5. The summed E-state index contributed by atoms with van der Waals surface area (Å²) in [6.07, 6.45) is 2.65. The molecule has 0 bridgehead atoms. The Kier molecular flexibility index (Phi) is 3.45. The van der Waals surface area contributed by atoms with Gasteiger partial charge in [0.2, 0.25) is 11.5 Å². The smallest absolute Gasteiger partial charge is 0.271 e. The second-order valence-electron chi connectivity index (χ2n) is 2.59. The van der Waals surface area contributed by atoms with Crippen molar-refractivity contribution in [3.05, 3.63) is 23.7 Å². The molecule has 0 aliphatic heterocycles. The van der Waals surface area contributed by atoms with E-state index in [-0.39, 0.29) is 5.76 Å². The molecule has 1 aliphatic rings.